The van der Waals surface area contributed by atoms with Crippen molar-refractivity contribution in [3.05, 3.63) is 69.1 Å². The van der Waals surface area contributed by atoms with E-state index in [9.17, 15) is 4.79 Å². The molecule has 0 bridgehead atoms. The number of aromatic nitrogens is 2. The Hall–Kier alpha value is -1.98. The predicted molar refractivity (Wildman–Crippen MR) is 105 cm³/mol. The summed E-state index contributed by atoms with van der Waals surface area (Å²) in [5, 5.41) is 1.93. The van der Waals surface area contributed by atoms with Crippen molar-refractivity contribution in [2.24, 2.45) is 11.8 Å². The molecule has 0 N–H and O–H groups in total. The third-order valence-electron chi connectivity index (χ3n) is 6.48. The van der Waals surface area contributed by atoms with E-state index in [1.807, 2.05) is 18.5 Å². The van der Waals surface area contributed by atoms with Crippen LogP contribution in [0.5, 0.6) is 0 Å². The van der Waals surface area contributed by atoms with E-state index >= 15 is 0 Å². The molecule has 4 nitrogen and oxygen atoms in total. The Bertz CT molecular complexity index is 1010. The van der Waals surface area contributed by atoms with Gasteiger partial charge in [-0.2, -0.15) is 0 Å². The first-order valence-corrected chi connectivity index (χ1v) is 10.3. The summed E-state index contributed by atoms with van der Waals surface area (Å²) in [6.07, 6.45) is 3.11. The van der Waals surface area contributed by atoms with Crippen LogP contribution in [-0.4, -0.2) is 27.4 Å². The van der Waals surface area contributed by atoms with Crippen LogP contribution in [0.15, 0.2) is 46.7 Å². The van der Waals surface area contributed by atoms with Gasteiger partial charge in [0.2, 0.25) is 0 Å². The first-order valence-electron chi connectivity index (χ1n) is 9.39. The van der Waals surface area contributed by atoms with Crippen molar-refractivity contribution in [3.8, 4) is 0 Å². The minimum absolute atomic E-state index is 0.0973. The Morgan fingerprint density at radius 2 is 2.04 bits per heavy atom. The fourth-order valence-electron chi connectivity index (χ4n) is 5.00. The molecule has 5 heteroatoms. The first kappa shape index (κ1) is 16.2. The van der Waals surface area contributed by atoms with Gasteiger partial charge >= 0.3 is 0 Å². The number of rotatable bonds is 3. The molecule has 4 atom stereocenters. The zero-order chi connectivity index (χ0) is 17.8. The molecule has 0 spiro atoms. The van der Waals surface area contributed by atoms with E-state index in [1.54, 1.807) is 4.40 Å². The smallest absolute Gasteiger partial charge is 0.263 e. The van der Waals surface area contributed by atoms with Gasteiger partial charge in [-0.05, 0) is 43.6 Å². The molecule has 5 rings (SSSR count). The highest BCUT2D eigenvalue weighted by Gasteiger charge is 2.48. The average molecular weight is 366 g/mol. The second-order valence-electron chi connectivity index (χ2n) is 7.78. The van der Waals surface area contributed by atoms with Gasteiger partial charge in [-0.3, -0.25) is 14.1 Å². The Labute approximate surface area is 157 Å². The molecule has 1 saturated heterocycles. The maximum Gasteiger partial charge on any atom is 0.263 e. The van der Waals surface area contributed by atoms with E-state index in [4.69, 9.17) is 0 Å². The topological polar surface area (TPSA) is 37.6 Å². The van der Waals surface area contributed by atoms with Crippen molar-refractivity contribution in [1.29, 1.82) is 0 Å². The van der Waals surface area contributed by atoms with Crippen LogP contribution in [0.2, 0.25) is 0 Å². The minimum atomic E-state index is 0.0973. The highest BCUT2D eigenvalue weighted by atomic mass is 32.1. The Morgan fingerprint density at radius 1 is 1.23 bits per heavy atom. The highest BCUT2D eigenvalue weighted by Crippen LogP contribution is 2.52. The van der Waals surface area contributed by atoms with Gasteiger partial charge in [0.25, 0.3) is 5.56 Å². The Morgan fingerprint density at radius 3 is 2.85 bits per heavy atom. The molecule has 1 aliphatic heterocycles. The van der Waals surface area contributed by atoms with Gasteiger partial charge in [-0.15, -0.1) is 11.3 Å². The molecule has 0 amide bonds. The fourth-order valence-corrected chi connectivity index (χ4v) is 5.75. The molecule has 134 valence electrons. The van der Waals surface area contributed by atoms with E-state index < -0.39 is 0 Å². The zero-order valence-electron chi connectivity index (χ0n) is 15.1. The lowest BCUT2D eigenvalue weighted by molar-refractivity contribution is 0.191. The lowest BCUT2D eigenvalue weighted by atomic mass is 9.64. The molecule has 0 radical (unpaired) electrons. The number of nitrogens with zero attached hydrogens (tertiary/aromatic N) is 3. The summed E-state index contributed by atoms with van der Waals surface area (Å²) in [6, 6.07) is 11.0. The summed E-state index contributed by atoms with van der Waals surface area (Å²) >= 11 is 1.52. The third-order valence-corrected chi connectivity index (χ3v) is 7.23. The summed E-state index contributed by atoms with van der Waals surface area (Å²) in [5.41, 5.74) is 3.31. The summed E-state index contributed by atoms with van der Waals surface area (Å²) in [4.78, 5) is 20.9. The SMILES string of the molecule is Cc1nc2sccn2c(=O)c1C(C)N1CC2CC(c3ccccc3)C2C1. The average Bonchev–Trinajstić information content (AvgIpc) is 3.21. The number of hydrogen-bond donors (Lipinski definition) is 0. The summed E-state index contributed by atoms with van der Waals surface area (Å²) < 4.78 is 1.70. The van der Waals surface area contributed by atoms with E-state index in [0.29, 0.717) is 5.92 Å². The van der Waals surface area contributed by atoms with Gasteiger partial charge in [0.1, 0.15) is 0 Å². The summed E-state index contributed by atoms with van der Waals surface area (Å²) in [5.74, 6) is 2.17. The molecule has 1 aliphatic carbocycles. The number of aryl methyl sites for hydroxylation is 1. The van der Waals surface area contributed by atoms with Gasteiger partial charge in [0.05, 0.1) is 11.3 Å². The standard InChI is InChI=1S/C21H23N3OS/c1-13-19(20(25)24-8-9-26-21(24)22-13)14(2)23-11-16-10-17(18(16)12-23)15-6-4-3-5-7-15/h3-9,14,16-18H,10-12H2,1-2H3. The second kappa shape index (κ2) is 6.03. The summed E-state index contributed by atoms with van der Waals surface area (Å²) in [7, 11) is 0. The lowest BCUT2D eigenvalue weighted by Crippen LogP contribution is -2.33. The number of likely N-dealkylation sites (tertiary alicyclic amines) is 1. The van der Waals surface area contributed by atoms with Crippen LogP contribution in [0.25, 0.3) is 4.96 Å². The summed E-state index contributed by atoms with van der Waals surface area (Å²) in [6.45, 7) is 6.33. The molecule has 1 aromatic carbocycles. The predicted octanol–water partition coefficient (Wildman–Crippen LogP) is 3.86. The van der Waals surface area contributed by atoms with Crippen LogP contribution in [-0.2, 0) is 0 Å². The number of fused-ring (bicyclic) bond motifs is 2. The number of thiazole rings is 1. The van der Waals surface area contributed by atoms with Gasteiger partial charge < -0.3 is 0 Å². The number of hydrogen-bond acceptors (Lipinski definition) is 4. The highest BCUT2D eigenvalue weighted by molar-refractivity contribution is 7.15. The van der Waals surface area contributed by atoms with Crippen molar-refractivity contribution >= 4 is 16.3 Å². The van der Waals surface area contributed by atoms with E-state index in [0.717, 1.165) is 41.1 Å². The molecule has 2 aliphatic rings. The largest absolute Gasteiger partial charge is 0.296 e. The van der Waals surface area contributed by atoms with Crippen LogP contribution in [0.1, 0.15) is 42.1 Å². The van der Waals surface area contributed by atoms with Crippen molar-refractivity contribution in [2.75, 3.05) is 13.1 Å². The van der Waals surface area contributed by atoms with E-state index in [-0.39, 0.29) is 11.6 Å². The van der Waals surface area contributed by atoms with Crippen LogP contribution in [0.4, 0.5) is 0 Å². The molecule has 3 aromatic rings. The molecule has 2 fully saturated rings. The van der Waals surface area contributed by atoms with E-state index in [2.05, 4.69) is 47.1 Å². The normalized spacial score (nSPS) is 26.6. The molecule has 1 saturated carbocycles. The molecule has 2 aromatic heterocycles. The van der Waals surface area contributed by atoms with Crippen LogP contribution in [0.3, 0.4) is 0 Å². The third kappa shape index (κ3) is 2.37. The van der Waals surface area contributed by atoms with Gasteiger partial charge in [0, 0.05) is 30.7 Å². The maximum absolute atomic E-state index is 13.0. The molecule has 3 heterocycles. The number of benzene rings is 1. The van der Waals surface area contributed by atoms with Crippen molar-refractivity contribution < 1.29 is 0 Å². The fraction of sp³-hybridized carbons (Fsp3) is 0.429. The van der Waals surface area contributed by atoms with Crippen LogP contribution in [0, 0.1) is 18.8 Å². The zero-order valence-corrected chi connectivity index (χ0v) is 15.9. The minimum Gasteiger partial charge on any atom is -0.296 e. The Kier molecular flexibility index (Phi) is 3.76. The molecular formula is C21H23N3OS. The molecule has 26 heavy (non-hydrogen) atoms. The first-order chi connectivity index (χ1) is 12.6. The lowest BCUT2D eigenvalue weighted by Gasteiger charge is -2.40. The van der Waals surface area contributed by atoms with Gasteiger partial charge in [-0.1, -0.05) is 30.3 Å². The molecular weight excluding hydrogens is 342 g/mol. The molecule has 4 unspecified atom stereocenters. The second-order valence-corrected chi connectivity index (χ2v) is 8.65. The van der Waals surface area contributed by atoms with Crippen LogP contribution < -0.4 is 5.56 Å². The Balaban J connectivity index is 1.41. The van der Waals surface area contributed by atoms with Gasteiger partial charge in [-0.25, -0.2) is 4.98 Å². The van der Waals surface area contributed by atoms with Gasteiger partial charge in [0.15, 0.2) is 4.96 Å². The van der Waals surface area contributed by atoms with Crippen LogP contribution >= 0.6 is 11.3 Å². The van der Waals surface area contributed by atoms with E-state index in [1.165, 1.54) is 23.3 Å². The maximum atomic E-state index is 13.0. The van der Waals surface area contributed by atoms with Crippen molar-refractivity contribution in [1.82, 2.24) is 14.3 Å². The quantitative estimate of drug-likeness (QED) is 0.707. The van der Waals surface area contributed by atoms with Crippen molar-refractivity contribution in [2.45, 2.75) is 32.2 Å². The monoisotopic (exact) mass is 365 g/mol. The van der Waals surface area contributed by atoms with Crippen molar-refractivity contribution in [3.63, 3.8) is 0 Å².